The molecule has 1 aliphatic rings. The number of para-hydroxylation sites is 1. The van der Waals surface area contributed by atoms with Gasteiger partial charge in [-0.25, -0.2) is 0 Å². The predicted octanol–water partition coefficient (Wildman–Crippen LogP) is 5.43. The topological polar surface area (TPSA) is 51.7 Å². The SMILES string of the molecule is O=C(CCc1ccc(OCc2ccccc2)cc1)N1CCC(Oc2cccc3cccnc23)C1. The molecule has 4 aromatic rings. The van der Waals surface area contributed by atoms with E-state index >= 15 is 0 Å². The first kappa shape index (κ1) is 22.0. The Bertz CT molecular complexity index is 1240. The van der Waals surface area contributed by atoms with Crippen molar-refractivity contribution >= 4 is 16.8 Å². The van der Waals surface area contributed by atoms with Crippen LogP contribution >= 0.6 is 0 Å². The highest BCUT2D eigenvalue weighted by atomic mass is 16.5. The highest BCUT2D eigenvalue weighted by molar-refractivity contribution is 5.84. The van der Waals surface area contributed by atoms with Gasteiger partial charge in [0.2, 0.25) is 5.91 Å². The second kappa shape index (κ2) is 10.4. The van der Waals surface area contributed by atoms with Gasteiger partial charge in [0.15, 0.2) is 0 Å². The summed E-state index contributed by atoms with van der Waals surface area (Å²) >= 11 is 0. The number of nitrogens with zero attached hydrogens (tertiary/aromatic N) is 2. The molecule has 2 heterocycles. The first-order valence-corrected chi connectivity index (χ1v) is 11.8. The third kappa shape index (κ3) is 5.37. The minimum Gasteiger partial charge on any atom is -0.489 e. The number of likely N-dealkylation sites (tertiary alicyclic amines) is 1. The lowest BCUT2D eigenvalue weighted by Gasteiger charge is -2.18. The zero-order valence-corrected chi connectivity index (χ0v) is 19.1. The molecule has 1 atom stereocenters. The Kier molecular flexibility index (Phi) is 6.71. The zero-order chi connectivity index (χ0) is 23.2. The molecule has 5 heteroatoms. The lowest BCUT2D eigenvalue weighted by atomic mass is 10.1. The van der Waals surface area contributed by atoms with Gasteiger partial charge in [-0.2, -0.15) is 0 Å². The highest BCUT2D eigenvalue weighted by Crippen LogP contribution is 2.26. The number of aromatic nitrogens is 1. The zero-order valence-electron chi connectivity index (χ0n) is 19.1. The van der Waals surface area contributed by atoms with Gasteiger partial charge in [0.05, 0.1) is 6.54 Å². The van der Waals surface area contributed by atoms with Crippen molar-refractivity contribution in [2.45, 2.75) is 32.0 Å². The summed E-state index contributed by atoms with van der Waals surface area (Å²) in [6.45, 7) is 1.90. The van der Waals surface area contributed by atoms with Crippen LogP contribution in [0.1, 0.15) is 24.0 Å². The summed E-state index contributed by atoms with van der Waals surface area (Å²) in [7, 11) is 0. The van der Waals surface area contributed by atoms with Gasteiger partial charge in [-0.15, -0.1) is 0 Å². The summed E-state index contributed by atoms with van der Waals surface area (Å²) in [6.07, 6.45) is 3.82. The average Bonchev–Trinajstić information content (AvgIpc) is 3.36. The largest absolute Gasteiger partial charge is 0.489 e. The summed E-state index contributed by atoms with van der Waals surface area (Å²) < 4.78 is 12.1. The Morgan fingerprint density at radius 1 is 0.912 bits per heavy atom. The van der Waals surface area contributed by atoms with E-state index in [1.54, 1.807) is 6.20 Å². The Labute approximate surface area is 200 Å². The fourth-order valence-electron chi connectivity index (χ4n) is 4.30. The molecule has 34 heavy (non-hydrogen) atoms. The molecule has 0 saturated carbocycles. The summed E-state index contributed by atoms with van der Waals surface area (Å²) in [5, 5.41) is 1.06. The van der Waals surface area contributed by atoms with Crippen molar-refractivity contribution in [3.05, 3.63) is 102 Å². The maximum Gasteiger partial charge on any atom is 0.223 e. The molecule has 5 rings (SSSR count). The number of hydrogen-bond acceptors (Lipinski definition) is 4. The van der Waals surface area contributed by atoms with Crippen molar-refractivity contribution < 1.29 is 14.3 Å². The average molecular weight is 453 g/mol. The molecule has 0 aliphatic carbocycles. The summed E-state index contributed by atoms with van der Waals surface area (Å²) in [5.41, 5.74) is 3.14. The van der Waals surface area contributed by atoms with E-state index in [0.29, 0.717) is 26.0 Å². The molecule has 172 valence electrons. The number of rotatable bonds is 8. The Balaban J connectivity index is 1.09. The van der Waals surface area contributed by atoms with E-state index in [9.17, 15) is 4.79 Å². The van der Waals surface area contributed by atoms with Crippen molar-refractivity contribution in [2.24, 2.45) is 0 Å². The van der Waals surface area contributed by atoms with Crippen LogP contribution in [0, 0.1) is 0 Å². The van der Waals surface area contributed by atoms with E-state index in [-0.39, 0.29) is 12.0 Å². The molecule has 5 nitrogen and oxygen atoms in total. The van der Waals surface area contributed by atoms with Crippen molar-refractivity contribution in [3.63, 3.8) is 0 Å². The highest BCUT2D eigenvalue weighted by Gasteiger charge is 2.27. The number of carbonyl (C=O) groups is 1. The van der Waals surface area contributed by atoms with Gasteiger partial charge in [-0.1, -0.05) is 60.7 Å². The van der Waals surface area contributed by atoms with Crippen LogP contribution in [0.4, 0.5) is 0 Å². The number of pyridine rings is 1. The first-order valence-electron chi connectivity index (χ1n) is 11.8. The van der Waals surface area contributed by atoms with E-state index < -0.39 is 0 Å². The van der Waals surface area contributed by atoms with Crippen LogP contribution in [-0.4, -0.2) is 35.0 Å². The third-order valence-electron chi connectivity index (χ3n) is 6.19. The summed E-state index contributed by atoms with van der Waals surface area (Å²) in [6, 6.07) is 28.0. The van der Waals surface area contributed by atoms with Crippen LogP contribution in [-0.2, 0) is 17.8 Å². The fourth-order valence-corrected chi connectivity index (χ4v) is 4.30. The predicted molar refractivity (Wildman–Crippen MR) is 133 cm³/mol. The third-order valence-corrected chi connectivity index (χ3v) is 6.19. The van der Waals surface area contributed by atoms with Gasteiger partial charge in [0.1, 0.15) is 29.7 Å². The smallest absolute Gasteiger partial charge is 0.223 e. The monoisotopic (exact) mass is 452 g/mol. The van der Waals surface area contributed by atoms with Crippen LogP contribution < -0.4 is 9.47 Å². The van der Waals surface area contributed by atoms with Gasteiger partial charge < -0.3 is 14.4 Å². The summed E-state index contributed by atoms with van der Waals surface area (Å²) in [5.74, 6) is 1.79. The molecule has 0 N–H and O–H groups in total. The number of benzene rings is 3. The van der Waals surface area contributed by atoms with Crippen LogP contribution in [0.2, 0.25) is 0 Å². The number of ether oxygens (including phenoxy) is 2. The standard InChI is InChI=1S/C29H28N2O3/c32-28(16-13-22-11-14-25(15-12-22)33-21-23-6-2-1-3-7-23)31-19-17-26(20-31)34-27-10-4-8-24-9-5-18-30-29(24)27/h1-12,14-15,18,26H,13,16-17,19-21H2. The summed E-state index contributed by atoms with van der Waals surface area (Å²) in [4.78, 5) is 19.2. The Hall–Kier alpha value is -3.86. The second-order valence-electron chi connectivity index (χ2n) is 8.62. The molecule has 1 unspecified atom stereocenters. The molecule has 0 bridgehead atoms. The van der Waals surface area contributed by atoms with Gasteiger partial charge in [-0.05, 0) is 41.8 Å². The first-order chi connectivity index (χ1) is 16.7. The van der Waals surface area contributed by atoms with E-state index in [2.05, 4.69) is 4.98 Å². The normalized spacial score (nSPS) is 15.4. The fraction of sp³-hybridized carbons (Fsp3) is 0.241. The lowest BCUT2D eigenvalue weighted by molar-refractivity contribution is -0.130. The molecule has 0 spiro atoms. The maximum absolute atomic E-state index is 12.8. The van der Waals surface area contributed by atoms with Crippen LogP contribution in [0.15, 0.2) is 91.1 Å². The Morgan fingerprint density at radius 3 is 2.59 bits per heavy atom. The molecule has 0 radical (unpaired) electrons. The number of hydrogen-bond donors (Lipinski definition) is 0. The van der Waals surface area contributed by atoms with E-state index in [1.165, 1.54) is 0 Å². The van der Waals surface area contributed by atoms with E-state index in [0.717, 1.165) is 46.5 Å². The number of amides is 1. The molecule has 1 aromatic heterocycles. The van der Waals surface area contributed by atoms with Gasteiger partial charge >= 0.3 is 0 Å². The van der Waals surface area contributed by atoms with Crippen molar-refractivity contribution in [2.75, 3.05) is 13.1 Å². The molecular formula is C29H28N2O3. The molecular weight excluding hydrogens is 424 g/mol. The minimum absolute atomic E-state index is 0.00222. The number of fused-ring (bicyclic) bond motifs is 1. The molecule has 1 saturated heterocycles. The quantitative estimate of drug-likeness (QED) is 0.358. The molecule has 1 fully saturated rings. The van der Waals surface area contributed by atoms with Gasteiger partial charge in [0.25, 0.3) is 0 Å². The van der Waals surface area contributed by atoms with E-state index in [1.807, 2.05) is 89.8 Å². The number of aryl methyl sites for hydroxylation is 1. The maximum atomic E-state index is 12.8. The van der Waals surface area contributed by atoms with Crippen LogP contribution in [0.3, 0.4) is 0 Å². The number of carbonyl (C=O) groups excluding carboxylic acids is 1. The molecule has 1 amide bonds. The lowest BCUT2D eigenvalue weighted by Crippen LogP contribution is -2.31. The van der Waals surface area contributed by atoms with Gasteiger partial charge in [-0.3, -0.25) is 9.78 Å². The van der Waals surface area contributed by atoms with Crippen molar-refractivity contribution in [3.8, 4) is 11.5 Å². The van der Waals surface area contributed by atoms with Crippen molar-refractivity contribution in [1.82, 2.24) is 9.88 Å². The minimum atomic E-state index is -0.00222. The van der Waals surface area contributed by atoms with Gasteiger partial charge in [0, 0.05) is 31.0 Å². The second-order valence-corrected chi connectivity index (χ2v) is 8.62. The molecule has 1 aliphatic heterocycles. The molecule has 3 aromatic carbocycles. The van der Waals surface area contributed by atoms with Crippen LogP contribution in [0.5, 0.6) is 11.5 Å². The van der Waals surface area contributed by atoms with E-state index in [4.69, 9.17) is 9.47 Å². The Morgan fingerprint density at radius 2 is 1.74 bits per heavy atom. The van der Waals surface area contributed by atoms with Crippen molar-refractivity contribution in [1.29, 1.82) is 0 Å². The van der Waals surface area contributed by atoms with Crippen LogP contribution in [0.25, 0.3) is 10.9 Å².